The van der Waals surface area contributed by atoms with E-state index >= 15 is 0 Å². The summed E-state index contributed by atoms with van der Waals surface area (Å²) in [4.78, 5) is 0. The molecule has 0 bridgehead atoms. The van der Waals surface area contributed by atoms with Crippen molar-refractivity contribution >= 4 is 5.69 Å². The standard InChI is InChI=1S/C18H23NO2/c1-13(2)19-16-9-6-10-17(20-4)18(16)21-12-15-8-5-7-14(3)11-15/h5-11,13,19H,12H2,1-4H3. The molecular formula is C18H23NO2. The quantitative estimate of drug-likeness (QED) is 0.853. The number of aryl methyl sites for hydroxylation is 1. The van der Waals surface area contributed by atoms with Crippen LogP contribution in [0.3, 0.4) is 0 Å². The summed E-state index contributed by atoms with van der Waals surface area (Å²) in [5.41, 5.74) is 3.34. The van der Waals surface area contributed by atoms with E-state index in [1.807, 2.05) is 24.3 Å². The van der Waals surface area contributed by atoms with E-state index in [0.717, 1.165) is 22.7 Å². The Kier molecular flexibility index (Phi) is 5.09. The Balaban J connectivity index is 2.21. The minimum absolute atomic E-state index is 0.332. The predicted molar refractivity (Wildman–Crippen MR) is 87.3 cm³/mol. The third-order valence-corrected chi connectivity index (χ3v) is 3.11. The van der Waals surface area contributed by atoms with Gasteiger partial charge in [0.15, 0.2) is 11.5 Å². The maximum absolute atomic E-state index is 6.01. The molecule has 2 aromatic carbocycles. The summed E-state index contributed by atoms with van der Waals surface area (Å²) in [6, 6.07) is 14.5. The van der Waals surface area contributed by atoms with Crippen molar-refractivity contribution in [3.63, 3.8) is 0 Å². The zero-order valence-corrected chi connectivity index (χ0v) is 13.1. The number of ether oxygens (including phenoxy) is 2. The van der Waals surface area contributed by atoms with Gasteiger partial charge in [0.2, 0.25) is 0 Å². The van der Waals surface area contributed by atoms with Crippen molar-refractivity contribution in [2.75, 3.05) is 12.4 Å². The van der Waals surface area contributed by atoms with Crippen LogP contribution in [0.5, 0.6) is 11.5 Å². The van der Waals surface area contributed by atoms with E-state index in [0.29, 0.717) is 12.6 Å². The molecule has 0 radical (unpaired) electrons. The van der Waals surface area contributed by atoms with Crippen LogP contribution in [-0.4, -0.2) is 13.2 Å². The molecule has 0 fully saturated rings. The van der Waals surface area contributed by atoms with E-state index in [9.17, 15) is 0 Å². The molecule has 0 atom stereocenters. The first-order valence-corrected chi connectivity index (χ1v) is 7.22. The SMILES string of the molecule is COc1cccc(NC(C)C)c1OCc1cccc(C)c1. The lowest BCUT2D eigenvalue weighted by Crippen LogP contribution is -2.11. The number of rotatable bonds is 6. The van der Waals surface area contributed by atoms with Crippen molar-refractivity contribution in [2.24, 2.45) is 0 Å². The number of benzene rings is 2. The minimum Gasteiger partial charge on any atom is -0.493 e. The molecule has 0 spiro atoms. The Labute approximate surface area is 126 Å². The van der Waals surface area contributed by atoms with Gasteiger partial charge in [-0.1, -0.05) is 35.9 Å². The molecule has 21 heavy (non-hydrogen) atoms. The lowest BCUT2D eigenvalue weighted by molar-refractivity contribution is 0.286. The van der Waals surface area contributed by atoms with Crippen LogP contribution in [0.1, 0.15) is 25.0 Å². The molecule has 0 amide bonds. The van der Waals surface area contributed by atoms with Gasteiger partial charge in [0.1, 0.15) is 6.61 Å². The molecule has 3 heteroatoms. The molecule has 3 nitrogen and oxygen atoms in total. The molecule has 0 heterocycles. The van der Waals surface area contributed by atoms with Crippen molar-refractivity contribution in [2.45, 2.75) is 33.4 Å². The number of para-hydroxylation sites is 1. The van der Waals surface area contributed by atoms with Crippen molar-refractivity contribution < 1.29 is 9.47 Å². The minimum atomic E-state index is 0.332. The Morgan fingerprint density at radius 3 is 2.52 bits per heavy atom. The van der Waals surface area contributed by atoms with E-state index < -0.39 is 0 Å². The predicted octanol–water partition coefficient (Wildman–Crippen LogP) is 4.40. The smallest absolute Gasteiger partial charge is 0.184 e. The van der Waals surface area contributed by atoms with Crippen molar-refractivity contribution in [3.05, 3.63) is 53.6 Å². The fourth-order valence-corrected chi connectivity index (χ4v) is 2.21. The third-order valence-electron chi connectivity index (χ3n) is 3.11. The van der Waals surface area contributed by atoms with Crippen LogP contribution in [0, 0.1) is 6.92 Å². The van der Waals surface area contributed by atoms with Gasteiger partial charge in [-0.25, -0.2) is 0 Å². The average molecular weight is 285 g/mol. The van der Waals surface area contributed by atoms with Gasteiger partial charge in [-0.3, -0.25) is 0 Å². The van der Waals surface area contributed by atoms with E-state index in [1.165, 1.54) is 5.56 Å². The molecule has 0 saturated heterocycles. The van der Waals surface area contributed by atoms with Gasteiger partial charge < -0.3 is 14.8 Å². The monoisotopic (exact) mass is 285 g/mol. The van der Waals surface area contributed by atoms with Crippen molar-refractivity contribution in [1.82, 2.24) is 0 Å². The van der Waals surface area contributed by atoms with E-state index in [-0.39, 0.29) is 0 Å². The Hall–Kier alpha value is -2.16. The molecule has 2 aromatic rings. The van der Waals surface area contributed by atoms with Crippen LogP contribution < -0.4 is 14.8 Å². The first-order chi connectivity index (χ1) is 10.1. The molecule has 0 aliphatic heterocycles. The van der Waals surface area contributed by atoms with Crippen LogP contribution in [0.4, 0.5) is 5.69 Å². The highest BCUT2D eigenvalue weighted by Crippen LogP contribution is 2.36. The van der Waals surface area contributed by atoms with Crippen LogP contribution in [-0.2, 0) is 6.61 Å². The van der Waals surface area contributed by atoms with E-state index in [1.54, 1.807) is 7.11 Å². The molecule has 0 saturated carbocycles. The highest BCUT2D eigenvalue weighted by Gasteiger charge is 2.11. The number of anilines is 1. The molecular weight excluding hydrogens is 262 g/mol. The summed E-state index contributed by atoms with van der Waals surface area (Å²) >= 11 is 0. The number of methoxy groups -OCH3 is 1. The van der Waals surface area contributed by atoms with Crippen LogP contribution in [0.25, 0.3) is 0 Å². The lowest BCUT2D eigenvalue weighted by Gasteiger charge is -2.18. The van der Waals surface area contributed by atoms with E-state index in [4.69, 9.17) is 9.47 Å². The topological polar surface area (TPSA) is 30.5 Å². The molecule has 0 aliphatic rings. The summed E-state index contributed by atoms with van der Waals surface area (Å²) in [5.74, 6) is 1.50. The van der Waals surface area contributed by atoms with Crippen molar-refractivity contribution in [1.29, 1.82) is 0 Å². The maximum atomic E-state index is 6.01. The van der Waals surface area contributed by atoms with Crippen molar-refractivity contribution in [3.8, 4) is 11.5 Å². The van der Waals surface area contributed by atoms with Gasteiger partial charge >= 0.3 is 0 Å². The van der Waals surface area contributed by atoms with Gasteiger partial charge in [-0.2, -0.15) is 0 Å². The van der Waals surface area contributed by atoms with Crippen LogP contribution in [0.15, 0.2) is 42.5 Å². The Morgan fingerprint density at radius 2 is 1.86 bits per heavy atom. The average Bonchev–Trinajstić information content (AvgIpc) is 2.45. The molecule has 2 rings (SSSR count). The normalized spacial score (nSPS) is 10.5. The van der Waals surface area contributed by atoms with Gasteiger partial charge in [-0.05, 0) is 38.5 Å². The number of hydrogen-bond acceptors (Lipinski definition) is 3. The fraction of sp³-hybridized carbons (Fsp3) is 0.333. The van der Waals surface area contributed by atoms with E-state index in [2.05, 4.69) is 44.3 Å². The van der Waals surface area contributed by atoms with Gasteiger partial charge in [-0.15, -0.1) is 0 Å². The third kappa shape index (κ3) is 4.15. The molecule has 0 aromatic heterocycles. The molecule has 0 unspecified atom stereocenters. The summed E-state index contributed by atoms with van der Waals surface area (Å²) in [6.07, 6.45) is 0. The second-order valence-corrected chi connectivity index (χ2v) is 5.41. The molecule has 1 N–H and O–H groups in total. The summed E-state index contributed by atoms with van der Waals surface area (Å²) in [6.45, 7) is 6.81. The largest absolute Gasteiger partial charge is 0.493 e. The fourth-order valence-electron chi connectivity index (χ4n) is 2.21. The zero-order chi connectivity index (χ0) is 15.2. The van der Waals surface area contributed by atoms with Gasteiger partial charge in [0, 0.05) is 6.04 Å². The summed E-state index contributed by atoms with van der Waals surface area (Å²) < 4.78 is 11.4. The van der Waals surface area contributed by atoms with Crippen LogP contribution >= 0.6 is 0 Å². The first kappa shape index (κ1) is 15.2. The Bertz CT molecular complexity index is 594. The Morgan fingerprint density at radius 1 is 1.10 bits per heavy atom. The highest BCUT2D eigenvalue weighted by molar-refractivity contribution is 5.63. The van der Waals surface area contributed by atoms with Crippen LogP contribution in [0.2, 0.25) is 0 Å². The highest BCUT2D eigenvalue weighted by atomic mass is 16.5. The number of nitrogens with one attached hydrogen (secondary N) is 1. The lowest BCUT2D eigenvalue weighted by atomic mass is 10.1. The molecule has 0 aliphatic carbocycles. The van der Waals surface area contributed by atoms with Gasteiger partial charge in [0.25, 0.3) is 0 Å². The zero-order valence-electron chi connectivity index (χ0n) is 13.1. The summed E-state index contributed by atoms with van der Waals surface area (Å²) in [7, 11) is 1.66. The number of hydrogen-bond donors (Lipinski definition) is 1. The maximum Gasteiger partial charge on any atom is 0.184 e. The second kappa shape index (κ2) is 7.02. The second-order valence-electron chi connectivity index (χ2n) is 5.41. The summed E-state index contributed by atoms with van der Waals surface area (Å²) in [5, 5.41) is 3.39. The first-order valence-electron chi connectivity index (χ1n) is 7.22. The van der Waals surface area contributed by atoms with Gasteiger partial charge in [0.05, 0.1) is 12.8 Å². The molecule has 112 valence electrons.